The van der Waals surface area contributed by atoms with Crippen LogP contribution in [0.4, 0.5) is 13.2 Å². The van der Waals surface area contributed by atoms with E-state index < -0.39 is 18.3 Å². The zero-order valence-electron chi connectivity index (χ0n) is 8.17. The van der Waals surface area contributed by atoms with Crippen molar-refractivity contribution in [2.75, 3.05) is 0 Å². The van der Waals surface area contributed by atoms with Crippen molar-refractivity contribution >= 4 is 0 Å². The van der Waals surface area contributed by atoms with Gasteiger partial charge in [-0.1, -0.05) is 6.92 Å². The summed E-state index contributed by atoms with van der Waals surface area (Å²) in [6.45, 7) is 1.78. The number of benzene rings is 1. The third-order valence-electron chi connectivity index (χ3n) is 2.86. The summed E-state index contributed by atoms with van der Waals surface area (Å²) in [5.74, 6) is -0.742. The van der Waals surface area contributed by atoms with Gasteiger partial charge < -0.3 is 5.11 Å². The highest BCUT2D eigenvalue weighted by atomic mass is 19.3. The molecule has 0 unspecified atom stereocenters. The molecule has 0 fully saturated rings. The molecule has 1 aliphatic carbocycles. The molecule has 0 aromatic heterocycles. The van der Waals surface area contributed by atoms with Gasteiger partial charge >= 0.3 is 0 Å². The van der Waals surface area contributed by atoms with Gasteiger partial charge in [0.25, 0.3) is 6.43 Å². The van der Waals surface area contributed by atoms with Gasteiger partial charge in [-0.3, -0.25) is 0 Å². The fourth-order valence-electron chi connectivity index (χ4n) is 2.16. The van der Waals surface area contributed by atoms with Crippen LogP contribution in [0.5, 0.6) is 0 Å². The highest BCUT2D eigenvalue weighted by Gasteiger charge is 2.30. The monoisotopic (exact) mass is 216 g/mol. The van der Waals surface area contributed by atoms with Gasteiger partial charge in [-0.2, -0.15) is 0 Å². The second-order valence-electron chi connectivity index (χ2n) is 3.96. The molecule has 0 saturated heterocycles. The molecule has 4 heteroatoms. The van der Waals surface area contributed by atoms with Crippen LogP contribution in [0, 0.1) is 5.82 Å². The van der Waals surface area contributed by atoms with Crippen molar-refractivity contribution in [1.82, 2.24) is 0 Å². The molecule has 1 aromatic carbocycles. The summed E-state index contributed by atoms with van der Waals surface area (Å²) < 4.78 is 38.3. The Morgan fingerprint density at radius 1 is 1.40 bits per heavy atom. The standard InChI is InChI=1S/C11H11F3O/c1-5-2-9(15)7-3-6(11(13)14)4-8(12)10(5)7/h3-5,9,11,15H,2H2,1H3/t5-,9+/m0/s1. The predicted molar refractivity (Wildman–Crippen MR) is 49.3 cm³/mol. The Morgan fingerprint density at radius 3 is 2.67 bits per heavy atom. The van der Waals surface area contributed by atoms with Gasteiger partial charge in [-0.05, 0) is 35.6 Å². The molecule has 0 saturated carbocycles. The number of fused-ring (bicyclic) bond motifs is 1. The summed E-state index contributed by atoms with van der Waals surface area (Å²) in [5, 5.41) is 9.57. The van der Waals surface area contributed by atoms with Crippen LogP contribution >= 0.6 is 0 Å². The van der Waals surface area contributed by atoms with E-state index in [0.29, 0.717) is 17.5 Å². The minimum Gasteiger partial charge on any atom is -0.388 e. The lowest BCUT2D eigenvalue weighted by atomic mass is 10.0. The van der Waals surface area contributed by atoms with Gasteiger partial charge in [-0.25, -0.2) is 13.2 Å². The van der Waals surface area contributed by atoms with Crippen molar-refractivity contribution < 1.29 is 18.3 Å². The van der Waals surface area contributed by atoms with Crippen molar-refractivity contribution in [1.29, 1.82) is 0 Å². The zero-order chi connectivity index (χ0) is 11.2. The first kappa shape index (κ1) is 10.5. The van der Waals surface area contributed by atoms with E-state index in [1.54, 1.807) is 6.92 Å². The van der Waals surface area contributed by atoms with Gasteiger partial charge in [0.2, 0.25) is 0 Å². The molecule has 0 spiro atoms. The van der Waals surface area contributed by atoms with Crippen molar-refractivity contribution in [2.45, 2.75) is 31.8 Å². The summed E-state index contributed by atoms with van der Waals surface area (Å²) >= 11 is 0. The summed E-state index contributed by atoms with van der Waals surface area (Å²) in [5.41, 5.74) is 0.337. The minimum atomic E-state index is -2.70. The maximum absolute atomic E-state index is 13.5. The van der Waals surface area contributed by atoms with Crippen LogP contribution in [0.2, 0.25) is 0 Å². The lowest BCUT2D eigenvalue weighted by Crippen LogP contribution is -1.97. The number of hydrogen-bond donors (Lipinski definition) is 1. The van der Waals surface area contributed by atoms with E-state index in [-0.39, 0.29) is 11.5 Å². The highest BCUT2D eigenvalue weighted by Crippen LogP contribution is 2.42. The molecule has 1 nitrogen and oxygen atoms in total. The highest BCUT2D eigenvalue weighted by molar-refractivity contribution is 5.41. The largest absolute Gasteiger partial charge is 0.388 e. The number of hydrogen-bond acceptors (Lipinski definition) is 1. The molecule has 15 heavy (non-hydrogen) atoms. The first-order chi connectivity index (χ1) is 7.00. The van der Waals surface area contributed by atoms with Crippen LogP contribution in [0.25, 0.3) is 0 Å². The SMILES string of the molecule is C[C@H]1C[C@@H](O)c2cc(C(F)F)cc(F)c21. The van der Waals surface area contributed by atoms with E-state index in [1.807, 2.05) is 0 Å². The first-order valence-electron chi connectivity index (χ1n) is 4.80. The fraction of sp³-hybridized carbons (Fsp3) is 0.455. The minimum absolute atomic E-state index is 0.110. The Hall–Kier alpha value is -1.03. The fourth-order valence-corrected chi connectivity index (χ4v) is 2.16. The third-order valence-corrected chi connectivity index (χ3v) is 2.86. The van der Waals surface area contributed by atoms with E-state index in [2.05, 4.69) is 0 Å². The second kappa shape index (κ2) is 3.52. The molecule has 0 radical (unpaired) electrons. The van der Waals surface area contributed by atoms with Crippen LogP contribution < -0.4 is 0 Å². The average molecular weight is 216 g/mol. The van der Waals surface area contributed by atoms with Crippen LogP contribution in [-0.2, 0) is 0 Å². The molecule has 2 atom stereocenters. The van der Waals surface area contributed by atoms with Gasteiger partial charge in [-0.15, -0.1) is 0 Å². The lowest BCUT2D eigenvalue weighted by Gasteiger charge is -2.09. The van der Waals surface area contributed by atoms with E-state index in [1.165, 1.54) is 6.07 Å². The molecular formula is C11H11F3O. The maximum Gasteiger partial charge on any atom is 0.263 e. The molecule has 1 aliphatic rings. The van der Waals surface area contributed by atoms with Gasteiger partial charge in [0.1, 0.15) is 5.82 Å². The number of alkyl halides is 2. The van der Waals surface area contributed by atoms with Crippen molar-refractivity contribution in [3.8, 4) is 0 Å². The number of aliphatic hydroxyl groups excluding tert-OH is 1. The Balaban J connectivity index is 2.56. The van der Waals surface area contributed by atoms with Gasteiger partial charge in [0, 0.05) is 5.56 Å². The van der Waals surface area contributed by atoms with Gasteiger partial charge in [0.15, 0.2) is 0 Å². The molecule has 82 valence electrons. The van der Waals surface area contributed by atoms with Crippen LogP contribution in [0.3, 0.4) is 0 Å². The summed E-state index contributed by atoms with van der Waals surface area (Å²) in [6.07, 6.45) is -3.12. The van der Waals surface area contributed by atoms with Crippen molar-refractivity contribution in [3.63, 3.8) is 0 Å². The van der Waals surface area contributed by atoms with E-state index in [4.69, 9.17) is 0 Å². The smallest absolute Gasteiger partial charge is 0.263 e. The number of halogens is 3. The van der Waals surface area contributed by atoms with Crippen LogP contribution in [-0.4, -0.2) is 5.11 Å². The Morgan fingerprint density at radius 2 is 2.07 bits per heavy atom. The maximum atomic E-state index is 13.5. The van der Waals surface area contributed by atoms with Crippen molar-refractivity contribution in [3.05, 3.63) is 34.6 Å². The van der Waals surface area contributed by atoms with E-state index >= 15 is 0 Å². The Bertz CT molecular complexity index is 390. The summed E-state index contributed by atoms with van der Waals surface area (Å²) in [4.78, 5) is 0. The van der Waals surface area contributed by atoms with E-state index in [9.17, 15) is 18.3 Å². The Labute approximate surface area is 85.5 Å². The van der Waals surface area contributed by atoms with Crippen molar-refractivity contribution in [2.24, 2.45) is 0 Å². The summed E-state index contributed by atoms with van der Waals surface area (Å²) in [7, 11) is 0. The second-order valence-corrected chi connectivity index (χ2v) is 3.96. The molecule has 1 N–H and O–H groups in total. The molecule has 0 heterocycles. The van der Waals surface area contributed by atoms with Crippen LogP contribution in [0.15, 0.2) is 12.1 Å². The first-order valence-corrected chi connectivity index (χ1v) is 4.80. The predicted octanol–water partition coefficient (Wildman–Crippen LogP) is 3.30. The Kier molecular flexibility index (Phi) is 2.46. The molecule has 0 amide bonds. The topological polar surface area (TPSA) is 20.2 Å². The molecule has 2 rings (SSSR count). The average Bonchev–Trinajstić information content (AvgIpc) is 2.42. The number of rotatable bonds is 1. The molecular weight excluding hydrogens is 205 g/mol. The molecule has 0 bridgehead atoms. The van der Waals surface area contributed by atoms with Crippen LogP contribution in [0.1, 0.15) is 48.5 Å². The molecule has 1 aromatic rings. The number of aliphatic hydroxyl groups is 1. The summed E-state index contributed by atoms with van der Waals surface area (Å²) in [6, 6.07) is 2.06. The molecule has 0 aliphatic heterocycles. The normalized spacial score (nSPS) is 24.7. The quantitative estimate of drug-likeness (QED) is 0.763. The van der Waals surface area contributed by atoms with Gasteiger partial charge in [0.05, 0.1) is 6.10 Å². The lowest BCUT2D eigenvalue weighted by molar-refractivity contribution is 0.149. The third kappa shape index (κ3) is 1.63. The zero-order valence-corrected chi connectivity index (χ0v) is 8.17. The van der Waals surface area contributed by atoms with E-state index in [0.717, 1.165) is 6.07 Å².